The van der Waals surface area contributed by atoms with E-state index in [-0.39, 0.29) is 29.8 Å². The second-order valence-corrected chi connectivity index (χ2v) is 10.4. The van der Waals surface area contributed by atoms with Crippen LogP contribution in [0.5, 0.6) is 0 Å². The Bertz CT molecular complexity index is 1460. The lowest BCUT2D eigenvalue weighted by Crippen LogP contribution is -2.41. The fourth-order valence-corrected chi connectivity index (χ4v) is 5.48. The van der Waals surface area contributed by atoms with Crippen molar-refractivity contribution < 1.29 is 14.3 Å². The van der Waals surface area contributed by atoms with Crippen LogP contribution in [0.1, 0.15) is 52.6 Å². The molecule has 2 aliphatic rings. The van der Waals surface area contributed by atoms with Crippen molar-refractivity contribution in [1.29, 1.82) is 0 Å². The second-order valence-electron chi connectivity index (χ2n) is 9.49. The largest absolute Gasteiger partial charge is 0.383 e. The van der Waals surface area contributed by atoms with E-state index in [1.165, 1.54) is 18.9 Å². The summed E-state index contributed by atoms with van der Waals surface area (Å²) in [5.41, 5.74) is 8.78. The van der Waals surface area contributed by atoms with Gasteiger partial charge in [0.1, 0.15) is 17.2 Å². The summed E-state index contributed by atoms with van der Waals surface area (Å²) in [7, 11) is 7.14. The predicted octanol–water partition coefficient (Wildman–Crippen LogP) is 1.43. The van der Waals surface area contributed by atoms with Crippen LogP contribution in [0.4, 0.5) is 5.82 Å². The molecule has 11 heteroatoms. The molecule has 37 heavy (non-hydrogen) atoms. The van der Waals surface area contributed by atoms with Gasteiger partial charge in [0.05, 0.1) is 39.1 Å². The summed E-state index contributed by atoms with van der Waals surface area (Å²) in [5, 5.41) is 6.92. The number of rotatable bonds is 7. The number of hydrogen-bond acceptors (Lipinski definition) is 6. The molecule has 5 rings (SSSR count). The number of amides is 2. The molecule has 189 valence electrons. The Morgan fingerprint density at radius 2 is 2.19 bits per heavy atom. The Morgan fingerprint density at radius 3 is 2.84 bits per heavy atom. The van der Waals surface area contributed by atoms with Gasteiger partial charge in [-0.3, -0.25) is 9.59 Å². The van der Waals surface area contributed by atoms with E-state index < -0.39 is 11.1 Å². The average molecular weight is 515 g/mol. The molecule has 0 unspecified atom stereocenters. The number of benzene rings is 1. The number of methoxy groups -OCH3 is 1. The van der Waals surface area contributed by atoms with Crippen molar-refractivity contribution in [2.75, 3.05) is 32.6 Å². The number of likely N-dealkylation sites (tertiary alicyclic amines) is 1. The molecule has 2 aromatic heterocycles. The Balaban J connectivity index is 1.52. The Labute approximate surface area is 218 Å². The zero-order valence-electron chi connectivity index (χ0n) is 20.8. The lowest BCUT2D eigenvalue weighted by Gasteiger charge is -2.27. The highest BCUT2D eigenvalue weighted by molar-refractivity contribution is 6.15. The number of anilines is 1. The maximum absolute atomic E-state index is 12.5. The number of nitrogens with one attached hydrogen (secondary N) is 2. The van der Waals surface area contributed by atoms with Crippen molar-refractivity contribution in [3.05, 3.63) is 53.5 Å². The number of ether oxygens (including phenoxy) is 1. The monoisotopic (exact) mass is 514 g/mol. The van der Waals surface area contributed by atoms with Crippen molar-refractivity contribution in [3.8, 4) is 11.8 Å². The lowest BCUT2D eigenvalue weighted by molar-refractivity contribution is -0.127. The van der Waals surface area contributed by atoms with Gasteiger partial charge in [-0.25, -0.2) is 9.67 Å². The van der Waals surface area contributed by atoms with E-state index in [1.807, 2.05) is 18.2 Å². The van der Waals surface area contributed by atoms with Gasteiger partial charge in [0.15, 0.2) is 5.69 Å². The number of aromatic nitrogens is 4. The molecule has 10 nitrogen and oxygen atoms in total. The van der Waals surface area contributed by atoms with Gasteiger partial charge in [-0.1, -0.05) is 12.5 Å². The first-order chi connectivity index (χ1) is 17.8. The van der Waals surface area contributed by atoms with E-state index in [2.05, 4.69) is 49.0 Å². The molecule has 1 aliphatic heterocycles. The molecule has 1 aromatic carbocycles. The molecule has 3 radical (unpaired) electrons. The molecule has 3 aromatic rings. The number of carbonyl (C=O) groups excluding carboxylic acids is 2. The number of primary amides is 1. The predicted molar refractivity (Wildman–Crippen MR) is 140 cm³/mol. The second kappa shape index (κ2) is 9.53. The van der Waals surface area contributed by atoms with Crippen LogP contribution in [-0.4, -0.2) is 80.1 Å². The van der Waals surface area contributed by atoms with E-state index in [9.17, 15) is 9.59 Å². The normalized spacial score (nSPS) is 21.1. The third kappa shape index (κ3) is 4.54. The van der Waals surface area contributed by atoms with E-state index in [1.54, 1.807) is 23.7 Å². The quantitative estimate of drug-likeness (QED) is 0.248. The minimum Gasteiger partial charge on any atom is -0.383 e. The first-order valence-electron chi connectivity index (χ1n) is 12.1. The number of nitrogens with zero attached hydrogens (tertiary/aromatic N) is 4. The molecule has 1 saturated carbocycles. The maximum atomic E-state index is 12.5. The third-order valence-electron chi connectivity index (χ3n) is 6.83. The highest BCUT2D eigenvalue weighted by Gasteiger charge is 2.46. The van der Waals surface area contributed by atoms with Crippen LogP contribution < -0.4 is 11.1 Å². The van der Waals surface area contributed by atoms with Gasteiger partial charge < -0.3 is 25.7 Å². The molecule has 2 amide bonds. The minimum atomic E-state index is -0.821. The highest BCUT2D eigenvalue weighted by Crippen LogP contribution is 2.39. The molecule has 2 fully saturated rings. The van der Waals surface area contributed by atoms with Gasteiger partial charge in [-0.2, -0.15) is 5.10 Å². The van der Waals surface area contributed by atoms with Gasteiger partial charge in [-0.15, -0.1) is 0 Å². The molecule has 1 aliphatic carbocycles. The van der Waals surface area contributed by atoms with Crippen LogP contribution in [0.15, 0.2) is 30.9 Å². The van der Waals surface area contributed by atoms with E-state index in [4.69, 9.17) is 10.5 Å². The molecular formula is C26H28N7O3Si. The standard InChI is InChI=1S/C26H28N7O3Si/c1-4-21(34)32-14-26(37,12-17(32)13-36-3)33-25(28-2)22(23(27)35)19(31-33)10-6-15-5-9-18-20(11-15)30-24(29-18)16-7-8-16/h4-5,9,11,16-17,28H,1,7-8,12-14H2,2-3H3,(H2,27,35)(H,29,30)/t17-,26-/m1/s1. The topological polar surface area (TPSA) is 131 Å². The van der Waals surface area contributed by atoms with Gasteiger partial charge >= 0.3 is 0 Å². The Hall–Kier alpha value is -3.88. The molecule has 0 bridgehead atoms. The Morgan fingerprint density at radius 1 is 1.41 bits per heavy atom. The van der Waals surface area contributed by atoms with Gasteiger partial charge in [0.2, 0.25) is 5.91 Å². The van der Waals surface area contributed by atoms with Crippen molar-refractivity contribution in [2.45, 2.75) is 36.4 Å². The fourth-order valence-electron chi connectivity index (χ4n) is 4.91. The summed E-state index contributed by atoms with van der Waals surface area (Å²) in [6, 6.07) is 5.55. The van der Waals surface area contributed by atoms with Crippen LogP contribution in [0.2, 0.25) is 0 Å². The first kappa shape index (κ1) is 24.8. The minimum absolute atomic E-state index is 0.183. The average Bonchev–Trinajstić information content (AvgIpc) is 3.39. The molecule has 2 atom stereocenters. The molecule has 4 N–H and O–H groups in total. The summed E-state index contributed by atoms with van der Waals surface area (Å²) in [6.07, 6.45) is 4.09. The SMILES string of the molecule is C=CC(=O)N1C[C@@]([Si])(n2nc(C#Cc3ccc4nc(C5CC5)[nH]c4c3)c(C(N)=O)c2NC)C[C@@H]1COC. The summed E-state index contributed by atoms with van der Waals surface area (Å²) in [6.45, 7) is 4.24. The lowest BCUT2D eigenvalue weighted by atomic mass is 10.1. The smallest absolute Gasteiger partial charge is 0.255 e. The molecular weight excluding hydrogens is 486 g/mol. The highest BCUT2D eigenvalue weighted by atomic mass is 28.1. The van der Waals surface area contributed by atoms with Crippen molar-refractivity contribution in [2.24, 2.45) is 5.73 Å². The van der Waals surface area contributed by atoms with Crippen molar-refractivity contribution in [1.82, 2.24) is 24.6 Å². The van der Waals surface area contributed by atoms with Gasteiger partial charge in [0.25, 0.3) is 5.91 Å². The van der Waals surface area contributed by atoms with Crippen LogP contribution in [0.25, 0.3) is 11.0 Å². The van der Waals surface area contributed by atoms with E-state index in [0.29, 0.717) is 24.8 Å². The third-order valence-corrected chi connectivity index (χ3v) is 7.40. The number of carbonyl (C=O) groups is 2. The van der Waals surface area contributed by atoms with Crippen LogP contribution in [-0.2, 0) is 14.7 Å². The summed E-state index contributed by atoms with van der Waals surface area (Å²) in [4.78, 5) is 34.8. The summed E-state index contributed by atoms with van der Waals surface area (Å²) in [5.74, 6) is 7.23. The number of H-pyrrole nitrogens is 1. The van der Waals surface area contributed by atoms with Crippen molar-refractivity contribution in [3.63, 3.8) is 0 Å². The van der Waals surface area contributed by atoms with Gasteiger partial charge in [0, 0.05) is 32.2 Å². The zero-order chi connectivity index (χ0) is 26.3. The molecule has 0 spiro atoms. The number of nitrogens with two attached hydrogens (primary N) is 1. The number of hydrogen-bond donors (Lipinski definition) is 3. The fraction of sp³-hybridized carbons (Fsp3) is 0.385. The van der Waals surface area contributed by atoms with Crippen molar-refractivity contribution >= 4 is 38.9 Å². The number of aromatic amines is 1. The maximum Gasteiger partial charge on any atom is 0.255 e. The molecule has 1 saturated heterocycles. The Kier molecular flexibility index (Phi) is 6.39. The van der Waals surface area contributed by atoms with E-state index >= 15 is 0 Å². The van der Waals surface area contributed by atoms with Crippen LogP contribution in [0.3, 0.4) is 0 Å². The van der Waals surface area contributed by atoms with E-state index in [0.717, 1.165) is 22.4 Å². The summed E-state index contributed by atoms with van der Waals surface area (Å²) < 4.78 is 6.99. The molecule has 3 heterocycles. The van der Waals surface area contributed by atoms with Gasteiger partial charge in [-0.05, 0) is 49.5 Å². The van der Waals surface area contributed by atoms with Crippen LogP contribution >= 0.6 is 0 Å². The summed E-state index contributed by atoms with van der Waals surface area (Å²) >= 11 is 0. The number of imidazole rings is 1. The van der Waals surface area contributed by atoms with Crippen LogP contribution in [0, 0.1) is 11.8 Å². The zero-order valence-corrected chi connectivity index (χ0v) is 21.8. The number of fused-ring (bicyclic) bond motifs is 1. The first-order valence-corrected chi connectivity index (χ1v) is 12.6.